The number of halogens is 1. The lowest BCUT2D eigenvalue weighted by Crippen LogP contribution is -2.25. The smallest absolute Gasteiger partial charge is 0.160 e. The normalized spacial score (nSPS) is 18.5. The van der Waals surface area contributed by atoms with Crippen molar-refractivity contribution in [3.05, 3.63) is 35.2 Å². The van der Waals surface area contributed by atoms with Crippen molar-refractivity contribution >= 4 is 32.8 Å². The van der Waals surface area contributed by atoms with E-state index in [-0.39, 0.29) is 6.04 Å². The standard InChI is InChI=1S/C13H12BrN7/c14-8-4-15-12(16-5-8)10-2-1-3-21(10)13-9-6-19-20-11(9)17-7-18-13/h4-7,10H,1-3H2,(H,17,18,19,20). The molecule has 0 bridgehead atoms. The zero-order valence-corrected chi connectivity index (χ0v) is 12.7. The van der Waals surface area contributed by atoms with Crippen molar-refractivity contribution in [2.24, 2.45) is 0 Å². The Bertz CT molecular complexity index is 770. The molecule has 1 aliphatic heterocycles. The molecule has 4 heterocycles. The van der Waals surface area contributed by atoms with Crippen LogP contribution >= 0.6 is 15.9 Å². The summed E-state index contributed by atoms with van der Waals surface area (Å²) in [6, 6.07) is 0.145. The monoisotopic (exact) mass is 345 g/mol. The minimum atomic E-state index is 0.145. The van der Waals surface area contributed by atoms with Gasteiger partial charge in [-0.05, 0) is 28.8 Å². The Morgan fingerprint density at radius 1 is 1.14 bits per heavy atom. The van der Waals surface area contributed by atoms with Crippen LogP contribution < -0.4 is 4.90 Å². The summed E-state index contributed by atoms with van der Waals surface area (Å²) in [5.41, 5.74) is 0.752. The van der Waals surface area contributed by atoms with Crippen LogP contribution in [-0.2, 0) is 0 Å². The fourth-order valence-corrected chi connectivity index (χ4v) is 2.97. The molecule has 1 aliphatic rings. The number of aromatic amines is 1. The molecule has 106 valence electrons. The molecule has 3 aromatic rings. The lowest BCUT2D eigenvalue weighted by atomic mass is 10.2. The predicted molar refractivity (Wildman–Crippen MR) is 80.7 cm³/mol. The number of anilines is 1. The van der Waals surface area contributed by atoms with Crippen LogP contribution in [0.15, 0.2) is 29.4 Å². The molecular formula is C13H12BrN7. The molecule has 1 fully saturated rings. The maximum atomic E-state index is 4.44. The molecule has 8 heteroatoms. The molecule has 1 unspecified atom stereocenters. The number of hydrogen-bond acceptors (Lipinski definition) is 6. The fraction of sp³-hybridized carbons (Fsp3) is 0.308. The first-order valence-electron chi connectivity index (χ1n) is 6.71. The van der Waals surface area contributed by atoms with E-state index in [1.807, 2.05) is 0 Å². The van der Waals surface area contributed by atoms with E-state index in [1.165, 1.54) is 0 Å². The van der Waals surface area contributed by atoms with Crippen LogP contribution in [0.1, 0.15) is 24.7 Å². The Labute approximate surface area is 129 Å². The van der Waals surface area contributed by atoms with Crippen molar-refractivity contribution in [2.75, 3.05) is 11.4 Å². The van der Waals surface area contributed by atoms with E-state index in [0.717, 1.165) is 46.5 Å². The van der Waals surface area contributed by atoms with Crippen LogP contribution in [0.25, 0.3) is 11.0 Å². The molecule has 21 heavy (non-hydrogen) atoms. The van der Waals surface area contributed by atoms with Crippen LogP contribution in [-0.4, -0.2) is 36.7 Å². The summed E-state index contributed by atoms with van der Waals surface area (Å²) in [5, 5.41) is 7.86. The third kappa shape index (κ3) is 2.15. The van der Waals surface area contributed by atoms with Gasteiger partial charge in [-0.15, -0.1) is 0 Å². The zero-order chi connectivity index (χ0) is 14.2. The topological polar surface area (TPSA) is 83.5 Å². The highest BCUT2D eigenvalue weighted by atomic mass is 79.9. The van der Waals surface area contributed by atoms with Crippen LogP contribution in [0.4, 0.5) is 5.82 Å². The molecule has 0 spiro atoms. The van der Waals surface area contributed by atoms with Crippen LogP contribution in [0.5, 0.6) is 0 Å². The van der Waals surface area contributed by atoms with Crippen molar-refractivity contribution in [3.63, 3.8) is 0 Å². The van der Waals surface area contributed by atoms with E-state index < -0.39 is 0 Å². The molecule has 1 saturated heterocycles. The second-order valence-corrected chi connectivity index (χ2v) is 5.86. The average molecular weight is 346 g/mol. The van der Waals surface area contributed by atoms with Gasteiger partial charge in [-0.25, -0.2) is 19.9 Å². The van der Waals surface area contributed by atoms with E-state index in [0.29, 0.717) is 0 Å². The highest BCUT2D eigenvalue weighted by molar-refractivity contribution is 9.10. The van der Waals surface area contributed by atoms with Crippen molar-refractivity contribution in [2.45, 2.75) is 18.9 Å². The Kier molecular flexibility index (Phi) is 3.03. The van der Waals surface area contributed by atoms with Gasteiger partial charge in [0.1, 0.15) is 12.1 Å². The van der Waals surface area contributed by atoms with Crippen molar-refractivity contribution in [3.8, 4) is 0 Å². The molecule has 0 aliphatic carbocycles. The van der Waals surface area contributed by atoms with Crippen LogP contribution in [0, 0.1) is 0 Å². The third-order valence-corrected chi connectivity index (χ3v) is 4.10. The predicted octanol–water partition coefficient (Wildman–Crippen LogP) is 2.25. The lowest BCUT2D eigenvalue weighted by molar-refractivity contribution is 0.660. The quantitative estimate of drug-likeness (QED) is 0.766. The van der Waals surface area contributed by atoms with Crippen molar-refractivity contribution < 1.29 is 0 Å². The van der Waals surface area contributed by atoms with Crippen molar-refractivity contribution in [1.82, 2.24) is 30.1 Å². The summed E-state index contributed by atoms with van der Waals surface area (Å²) >= 11 is 3.37. The molecule has 1 atom stereocenters. The largest absolute Gasteiger partial charge is 0.346 e. The lowest BCUT2D eigenvalue weighted by Gasteiger charge is -2.24. The molecule has 0 radical (unpaired) electrons. The number of H-pyrrole nitrogens is 1. The summed E-state index contributed by atoms with van der Waals surface area (Å²) in [6.07, 6.45) is 9.01. The molecule has 4 rings (SSSR count). The maximum absolute atomic E-state index is 4.44. The Morgan fingerprint density at radius 3 is 2.86 bits per heavy atom. The molecular weight excluding hydrogens is 334 g/mol. The highest BCUT2D eigenvalue weighted by Gasteiger charge is 2.30. The summed E-state index contributed by atoms with van der Waals surface area (Å²) in [5.74, 6) is 1.72. The zero-order valence-electron chi connectivity index (χ0n) is 11.1. The molecule has 1 N–H and O–H groups in total. The molecule has 0 aromatic carbocycles. The molecule has 0 amide bonds. The number of nitrogens with zero attached hydrogens (tertiary/aromatic N) is 6. The number of fused-ring (bicyclic) bond motifs is 1. The Morgan fingerprint density at radius 2 is 2.00 bits per heavy atom. The number of hydrogen-bond donors (Lipinski definition) is 1. The number of rotatable bonds is 2. The molecule has 7 nitrogen and oxygen atoms in total. The molecule has 3 aromatic heterocycles. The first-order valence-corrected chi connectivity index (χ1v) is 7.50. The van der Waals surface area contributed by atoms with E-state index >= 15 is 0 Å². The third-order valence-electron chi connectivity index (χ3n) is 3.69. The van der Waals surface area contributed by atoms with Gasteiger partial charge in [0.2, 0.25) is 0 Å². The Balaban J connectivity index is 1.76. The van der Waals surface area contributed by atoms with Gasteiger partial charge in [0.15, 0.2) is 11.5 Å². The minimum absolute atomic E-state index is 0.145. The van der Waals surface area contributed by atoms with E-state index in [2.05, 4.69) is 51.0 Å². The summed E-state index contributed by atoms with van der Waals surface area (Å²) in [7, 11) is 0. The van der Waals surface area contributed by atoms with E-state index in [4.69, 9.17) is 0 Å². The van der Waals surface area contributed by atoms with Gasteiger partial charge in [-0.3, -0.25) is 5.10 Å². The summed E-state index contributed by atoms with van der Waals surface area (Å²) in [6.45, 7) is 0.932. The van der Waals surface area contributed by atoms with E-state index in [9.17, 15) is 0 Å². The minimum Gasteiger partial charge on any atom is -0.346 e. The number of aromatic nitrogens is 6. The van der Waals surface area contributed by atoms with Gasteiger partial charge in [-0.2, -0.15) is 5.10 Å². The average Bonchev–Trinajstić information content (AvgIpc) is 3.16. The van der Waals surface area contributed by atoms with Gasteiger partial charge in [0, 0.05) is 18.9 Å². The second-order valence-electron chi connectivity index (χ2n) is 4.94. The van der Waals surface area contributed by atoms with Gasteiger partial charge < -0.3 is 4.90 Å². The van der Waals surface area contributed by atoms with Gasteiger partial charge in [0.25, 0.3) is 0 Å². The molecule has 0 saturated carbocycles. The Hall–Kier alpha value is -2.09. The van der Waals surface area contributed by atoms with E-state index in [1.54, 1.807) is 24.9 Å². The van der Waals surface area contributed by atoms with Crippen molar-refractivity contribution in [1.29, 1.82) is 0 Å². The summed E-state index contributed by atoms with van der Waals surface area (Å²) in [4.78, 5) is 19.7. The van der Waals surface area contributed by atoms with Gasteiger partial charge >= 0.3 is 0 Å². The first kappa shape index (κ1) is 12.6. The number of nitrogens with one attached hydrogen (secondary N) is 1. The highest BCUT2D eigenvalue weighted by Crippen LogP contribution is 2.36. The van der Waals surface area contributed by atoms with Crippen LogP contribution in [0.3, 0.4) is 0 Å². The van der Waals surface area contributed by atoms with Gasteiger partial charge in [-0.1, -0.05) is 0 Å². The summed E-state index contributed by atoms with van der Waals surface area (Å²) < 4.78 is 0.884. The van der Waals surface area contributed by atoms with Crippen LogP contribution in [0.2, 0.25) is 0 Å². The van der Waals surface area contributed by atoms with Gasteiger partial charge in [0.05, 0.1) is 22.1 Å². The SMILES string of the molecule is Brc1cnc(C2CCCN2c2ncnc3[nH]ncc23)nc1. The second kappa shape index (κ2) is 5.03. The first-order chi connectivity index (χ1) is 10.3. The fourth-order valence-electron chi connectivity index (χ4n) is 2.76. The maximum Gasteiger partial charge on any atom is 0.160 e.